The lowest BCUT2D eigenvalue weighted by Crippen LogP contribution is -2.49. The molecule has 0 aliphatic carbocycles. The molecule has 2 fully saturated rings. The number of methoxy groups -OCH3 is 1. The number of hydrogen-bond acceptors (Lipinski definition) is 4. The Kier molecular flexibility index (Phi) is 5.23. The van der Waals surface area contributed by atoms with E-state index >= 15 is 0 Å². The van der Waals surface area contributed by atoms with Gasteiger partial charge in [0.1, 0.15) is 0 Å². The van der Waals surface area contributed by atoms with Crippen LogP contribution >= 0.6 is 0 Å². The van der Waals surface area contributed by atoms with Crippen molar-refractivity contribution in [1.82, 2.24) is 9.21 Å². The van der Waals surface area contributed by atoms with Crippen LogP contribution in [0.1, 0.15) is 26.2 Å². The quantitative estimate of drug-likeness (QED) is 0.761. The van der Waals surface area contributed by atoms with Crippen molar-refractivity contribution in [3.63, 3.8) is 0 Å². The fourth-order valence-electron chi connectivity index (χ4n) is 3.33. The Balaban J connectivity index is 1.98. The summed E-state index contributed by atoms with van der Waals surface area (Å²) in [5.74, 6) is -2.58. The molecule has 0 aromatic carbocycles. The molecular formula is C13H24F2N2O3S. The number of ether oxygens (including phenoxy) is 1. The molecule has 21 heavy (non-hydrogen) atoms. The predicted molar refractivity (Wildman–Crippen MR) is 76.0 cm³/mol. The van der Waals surface area contributed by atoms with Gasteiger partial charge < -0.3 is 4.74 Å². The lowest BCUT2D eigenvalue weighted by molar-refractivity contribution is 0.00461. The van der Waals surface area contributed by atoms with Crippen molar-refractivity contribution in [2.75, 3.05) is 39.1 Å². The molecule has 1 atom stereocenters. The summed E-state index contributed by atoms with van der Waals surface area (Å²) < 4.78 is 57.5. The highest BCUT2D eigenvalue weighted by atomic mass is 32.2. The van der Waals surface area contributed by atoms with Gasteiger partial charge >= 0.3 is 0 Å². The first-order valence-corrected chi connectivity index (χ1v) is 9.00. The molecule has 124 valence electrons. The van der Waals surface area contributed by atoms with E-state index in [0.717, 1.165) is 0 Å². The lowest BCUT2D eigenvalue weighted by Gasteiger charge is -2.38. The minimum absolute atomic E-state index is 0.0156. The van der Waals surface area contributed by atoms with Crippen LogP contribution in [0.25, 0.3) is 0 Å². The van der Waals surface area contributed by atoms with Crippen LogP contribution in [0.2, 0.25) is 0 Å². The molecule has 2 aliphatic heterocycles. The summed E-state index contributed by atoms with van der Waals surface area (Å²) in [6, 6.07) is -0.258. The van der Waals surface area contributed by atoms with E-state index in [1.807, 2.05) is 4.90 Å². The van der Waals surface area contributed by atoms with Crippen LogP contribution < -0.4 is 0 Å². The van der Waals surface area contributed by atoms with Gasteiger partial charge in [-0.3, -0.25) is 4.90 Å². The standard InChI is InChI=1S/C13H24F2N2O3S/c1-3-21(18,19)16-6-4-11(5-7-16)17-10-13(14,15)8-12(17)9-20-2/h11-12H,3-10H2,1-2H3/t12-/m0/s1. The molecule has 2 rings (SSSR count). The van der Waals surface area contributed by atoms with Gasteiger partial charge in [0, 0.05) is 38.7 Å². The minimum Gasteiger partial charge on any atom is -0.383 e. The number of piperidine rings is 1. The Morgan fingerprint density at radius 1 is 1.29 bits per heavy atom. The summed E-state index contributed by atoms with van der Waals surface area (Å²) in [7, 11) is -1.65. The molecule has 0 bridgehead atoms. The summed E-state index contributed by atoms with van der Waals surface area (Å²) in [6.45, 7) is 2.51. The number of alkyl halides is 2. The summed E-state index contributed by atoms with van der Waals surface area (Å²) >= 11 is 0. The molecule has 0 spiro atoms. The maximum atomic E-state index is 13.6. The molecule has 0 aromatic heterocycles. The molecule has 5 nitrogen and oxygen atoms in total. The predicted octanol–water partition coefficient (Wildman–Crippen LogP) is 1.16. The van der Waals surface area contributed by atoms with Crippen LogP contribution in [-0.2, 0) is 14.8 Å². The van der Waals surface area contributed by atoms with Gasteiger partial charge in [0.25, 0.3) is 5.92 Å². The second-order valence-electron chi connectivity index (χ2n) is 5.87. The Morgan fingerprint density at radius 3 is 2.43 bits per heavy atom. The van der Waals surface area contributed by atoms with Crippen LogP contribution in [0.5, 0.6) is 0 Å². The van der Waals surface area contributed by atoms with Gasteiger partial charge in [-0.1, -0.05) is 0 Å². The maximum absolute atomic E-state index is 13.6. The SMILES string of the molecule is CCS(=O)(=O)N1CCC(N2CC(F)(F)C[C@H]2COC)CC1. The van der Waals surface area contributed by atoms with Crippen molar-refractivity contribution >= 4 is 10.0 Å². The summed E-state index contributed by atoms with van der Waals surface area (Å²) in [5.41, 5.74) is 0. The van der Waals surface area contributed by atoms with E-state index in [2.05, 4.69) is 0 Å². The van der Waals surface area contributed by atoms with Gasteiger partial charge in [0.05, 0.1) is 18.9 Å². The number of likely N-dealkylation sites (tertiary alicyclic amines) is 1. The Bertz CT molecular complexity index is 450. The average molecular weight is 326 g/mol. The zero-order valence-corrected chi connectivity index (χ0v) is 13.4. The van der Waals surface area contributed by atoms with E-state index in [9.17, 15) is 17.2 Å². The zero-order valence-electron chi connectivity index (χ0n) is 12.6. The molecule has 0 unspecified atom stereocenters. The van der Waals surface area contributed by atoms with Gasteiger partial charge in [0.15, 0.2) is 0 Å². The highest BCUT2D eigenvalue weighted by Gasteiger charge is 2.47. The second kappa shape index (κ2) is 6.44. The Labute approximate surface area is 125 Å². The normalized spacial score (nSPS) is 29.0. The molecule has 0 aromatic rings. The third kappa shape index (κ3) is 3.91. The molecule has 8 heteroatoms. The number of hydrogen-bond donors (Lipinski definition) is 0. The molecule has 0 amide bonds. The van der Waals surface area contributed by atoms with Crippen LogP contribution in [0.15, 0.2) is 0 Å². The first-order valence-electron chi connectivity index (χ1n) is 7.39. The van der Waals surface area contributed by atoms with Gasteiger partial charge in [-0.2, -0.15) is 0 Å². The number of nitrogens with zero attached hydrogens (tertiary/aromatic N) is 2. The molecule has 2 heterocycles. The maximum Gasteiger partial charge on any atom is 0.262 e. The summed E-state index contributed by atoms with van der Waals surface area (Å²) in [4.78, 5) is 1.82. The van der Waals surface area contributed by atoms with Gasteiger partial charge in [-0.05, 0) is 19.8 Å². The zero-order chi connectivity index (χ0) is 15.7. The van der Waals surface area contributed by atoms with Crippen molar-refractivity contribution in [2.24, 2.45) is 0 Å². The van der Waals surface area contributed by atoms with Crippen LogP contribution in [-0.4, -0.2) is 74.7 Å². The van der Waals surface area contributed by atoms with Crippen molar-refractivity contribution in [3.05, 3.63) is 0 Å². The smallest absolute Gasteiger partial charge is 0.262 e. The van der Waals surface area contributed by atoms with Crippen molar-refractivity contribution in [3.8, 4) is 0 Å². The molecular weight excluding hydrogens is 302 g/mol. The number of rotatable bonds is 5. The molecule has 2 aliphatic rings. The fraction of sp³-hybridized carbons (Fsp3) is 1.00. The Hall–Kier alpha value is -0.310. The largest absolute Gasteiger partial charge is 0.383 e. The minimum atomic E-state index is -3.17. The van der Waals surface area contributed by atoms with Gasteiger partial charge in [-0.25, -0.2) is 21.5 Å². The first kappa shape index (κ1) is 17.1. The number of halogens is 2. The van der Waals surface area contributed by atoms with Gasteiger partial charge in [0.2, 0.25) is 10.0 Å². The first-order chi connectivity index (χ1) is 9.79. The van der Waals surface area contributed by atoms with Crippen LogP contribution in [0, 0.1) is 0 Å². The third-order valence-electron chi connectivity index (χ3n) is 4.43. The average Bonchev–Trinajstić information content (AvgIpc) is 2.74. The second-order valence-corrected chi connectivity index (χ2v) is 8.13. The molecule has 2 saturated heterocycles. The molecule has 0 N–H and O–H groups in total. The van der Waals surface area contributed by atoms with Crippen LogP contribution in [0.4, 0.5) is 8.78 Å². The van der Waals surface area contributed by atoms with E-state index in [-0.39, 0.29) is 30.8 Å². The van der Waals surface area contributed by atoms with E-state index in [1.165, 1.54) is 11.4 Å². The fourth-order valence-corrected chi connectivity index (χ4v) is 4.46. The highest BCUT2D eigenvalue weighted by molar-refractivity contribution is 7.89. The third-order valence-corrected chi connectivity index (χ3v) is 6.31. The van der Waals surface area contributed by atoms with E-state index in [0.29, 0.717) is 32.5 Å². The van der Waals surface area contributed by atoms with Crippen LogP contribution in [0.3, 0.4) is 0 Å². The highest BCUT2D eigenvalue weighted by Crippen LogP contribution is 2.35. The van der Waals surface area contributed by atoms with E-state index < -0.39 is 15.9 Å². The monoisotopic (exact) mass is 326 g/mol. The number of sulfonamides is 1. The van der Waals surface area contributed by atoms with Crippen molar-refractivity contribution in [1.29, 1.82) is 0 Å². The Morgan fingerprint density at radius 2 is 1.90 bits per heavy atom. The lowest BCUT2D eigenvalue weighted by atomic mass is 10.0. The summed E-state index contributed by atoms with van der Waals surface area (Å²) in [6.07, 6.45) is 1.04. The topological polar surface area (TPSA) is 49.9 Å². The summed E-state index contributed by atoms with van der Waals surface area (Å²) in [5, 5.41) is 0. The molecule has 0 radical (unpaired) electrons. The van der Waals surface area contributed by atoms with Crippen molar-refractivity contribution in [2.45, 2.75) is 44.2 Å². The van der Waals surface area contributed by atoms with E-state index in [1.54, 1.807) is 6.92 Å². The molecule has 0 saturated carbocycles. The van der Waals surface area contributed by atoms with E-state index in [4.69, 9.17) is 4.74 Å². The van der Waals surface area contributed by atoms with Crippen molar-refractivity contribution < 1.29 is 21.9 Å². The van der Waals surface area contributed by atoms with Gasteiger partial charge in [-0.15, -0.1) is 0 Å².